The average Bonchev–Trinajstić information content (AvgIpc) is 3.22. The molecule has 0 saturated carbocycles. The Morgan fingerprint density at radius 3 is 0.518 bits per heavy atom. The molecule has 5 aromatic carbocycles. The van der Waals surface area contributed by atoms with Crippen molar-refractivity contribution < 1.29 is 68.5 Å². The third-order valence-electron chi connectivity index (χ3n) is 7.68. The van der Waals surface area contributed by atoms with Gasteiger partial charge in [0, 0.05) is 0 Å². The number of ether oxygens (including phenoxy) is 8. The third-order valence-corrected chi connectivity index (χ3v) is 7.68. The van der Waals surface area contributed by atoms with E-state index in [1.165, 1.54) is 24.3 Å². The van der Waals surface area contributed by atoms with Gasteiger partial charge in [-0.3, -0.25) is 0 Å². The molecule has 0 spiro atoms. The summed E-state index contributed by atoms with van der Waals surface area (Å²) in [6, 6.07) is 32.6. The SMILES string of the molecule is Oc1ccc(OCC(O)COc2ccc(OCC(O)COc3ccc(OCC(O)COc4ccc(OCC(O)COc5ccc(O)cc5)cc4)cc3)cc2)cc1. The van der Waals surface area contributed by atoms with Crippen molar-refractivity contribution >= 4 is 0 Å². The Morgan fingerprint density at radius 2 is 0.375 bits per heavy atom. The summed E-state index contributed by atoms with van der Waals surface area (Å²) < 4.78 is 44.8. The molecule has 6 N–H and O–H groups in total. The largest absolute Gasteiger partial charge is 0.508 e. The number of hydrogen-bond acceptors (Lipinski definition) is 14. The van der Waals surface area contributed by atoms with E-state index in [1.807, 2.05) is 0 Å². The maximum Gasteiger partial charge on any atom is 0.122 e. The van der Waals surface area contributed by atoms with Crippen LogP contribution in [-0.4, -0.2) is 108 Å². The quantitative estimate of drug-likeness (QED) is 0.0517. The molecule has 14 heteroatoms. The van der Waals surface area contributed by atoms with Crippen LogP contribution in [0.4, 0.5) is 0 Å². The van der Waals surface area contributed by atoms with Crippen LogP contribution in [0.25, 0.3) is 0 Å². The highest BCUT2D eigenvalue weighted by Gasteiger charge is 2.12. The van der Waals surface area contributed by atoms with Crippen LogP contribution in [-0.2, 0) is 0 Å². The lowest BCUT2D eigenvalue weighted by Crippen LogP contribution is -2.25. The van der Waals surface area contributed by atoms with Crippen LogP contribution in [0.3, 0.4) is 0 Å². The van der Waals surface area contributed by atoms with Crippen molar-refractivity contribution in [1.82, 2.24) is 0 Å². The molecule has 4 unspecified atom stereocenters. The van der Waals surface area contributed by atoms with Gasteiger partial charge >= 0.3 is 0 Å². The van der Waals surface area contributed by atoms with Crippen LogP contribution in [0.2, 0.25) is 0 Å². The average molecular weight is 775 g/mol. The molecule has 0 aliphatic rings. The Morgan fingerprint density at radius 1 is 0.250 bits per heavy atom. The number of hydrogen-bond donors (Lipinski definition) is 6. The lowest BCUT2D eigenvalue weighted by molar-refractivity contribution is 0.0606. The molecule has 0 bridgehead atoms. The number of aliphatic hydroxyl groups is 4. The highest BCUT2D eigenvalue weighted by Crippen LogP contribution is 2.22. The van der Waals surface area contributed by atoms with Gasteiger partial charge in [-0.25, -0.2) is 0 Å². The molecule has 0 aliphatic heterocycles. The molecule has 0 aromatic heterocycles. The fourth-order valence-corrected chi connectivity index (χ4v) is 4.71. The normalized spacial score (nSPS) is 13.1. The van der Waals surface area contributed by atoms with Crippen molar-refractivity contribution in [1.29, 1.82) is 0 Å². The topological polar surface area (TPSA) is 195 Å². The Hall–Kier alpha value is -6.06. The lowest BCUT2D eigenvalue weighted by Gasteiger charge is -2.16. The van der Waals surface area contributed by atoms with Gasteiger partial charge < -0.3 is 68.5 Å². The van der Waals surface area contributed by atoms with E-state index in [4.69, 9.17) is 37.9 Å². The highest BCUT2D eigenvalue weighted by molar-refractivity contribution is 5.34. The molecule has 5 aromatic rings. The minimum Gasteiger partial charge on any atom is -0.508 e. The number of phenolic OH excluding ortho intramolecular Hbond substituents is 2. The lowest BCUT2D eigenvalue weighted by atomic mass is 10.3. The van der Waals surface area contributed by atoms with Crippen LogP contribution in [0, 0.1) is 0 Å². The highest BCUT2D eigenvalue weighted by atomic mass is 16.5. The van der Waals surface area contributed by atoms with Crippen molar-refractivity contribution in [2.45, 2.75) is 24.4 Å². The van der Waals surface area contributed by atoms with Crippen LogP contribution in [0.15, 0.2) is 121 Å². The Bertz CT molecular complexity index is 1680. The summed E-state index contributed by atoms with van der Waals surface area (Å²) in [6.45, 7) is 0.0692. The van der Waals surface area contributed by atoms with Crippen LogP contribution >= 0.6 is 0 Å². The second-order valence-corrected chi connectivity index (χ2v) is 12.5. The fraction of sp³-hybridized carbons (Fsp3) is 0.286. The van der Waals surface area contributed by atoms with Crippen LogP contribution in [0.5, 0.6) is 57.5 Å². The van der Waals surface area contributed by atoms with Crippen molar-refractivity contribution in [3.05, 3.63) is 121 Å². The summed E-state index contributed by atoms with van der Waals surface area (Å²) in [5.74, 6) is 4.44. The Kier molecular flexibility index (Phi) is 16.0. The van der Waals surface area contributed by atoms with Gasteiger partial charge in [0.2, 0.25) is 0 Å². The molecule has 0 saturated heterocycles. The number of benzene rings is 5. The van der Waals surface area contributed by atoms with E-state index in [0.29, 0.717) is 46.0 Å². The Labute approximate surface area is 324 Å². The second kappa shape index (κ2) is 21.7. The van der Waals surface area contributed by atoms with Gasteiger partial charge in [0.15, 0.2) is 0 Å². The van der Waals surface area contributed by atoms with Crippen molar-refractivity contribution in [2.75, 3.05) is 52.9 Å². The number of phenols is 2. The molecule has 0 fully saturated rings. The minimum absolute atomic E-state index is 0.00356. The number of aliphatic hydroxyl groups excluding tert-OH is 4. The molecule has 56 heavy (non-hydrogen) atoms. The van der Waals surface area contributed by atoms with Gasteiger partial charge in [0.25, 0.3) is 0 Å². The van der Waals surface area contributed by atoms with Crippen molar-refractivity contribution in [2.24, 2.45) is 0 Å². The first kappa shape index (κ1) is 41.1. The molecular formula is C42H46O14. The first-order chi connectivity index (χ1) is 27.2. The van der Waals surface area contributed by atoms with Crippen molar-refractivity contribution in [3.63, 3.8) is 0 Å². The second-order valence-electron chi connectivity index (χ2n) is 12.5. The van der Waals surface area contributed by atoms with Crippen LogP contribution in [0.1, 0.15) is 0 Å². The summed E-state index contributed by atoms with van der Waals surface area (Å²) in [5.41, 5.74) is 0. The predicted octanol–water partition coefficient (Wildman–Crippen LogP) is 4.37. The molecule has 0 radical (unpaired) electrons. The molecule has 298 valence electrons. The summed E-state index contributed by atoms with van der Waals surface area (Å²) in [4.78, 5) is 0. The minimum atomic E-state index is -0.902. The molecule has 14 nitrogen and oxygen atoms in total. The number of rotatable bonds is 24. The van der Waals surface area contributed by atoms with Crippen LogP contribution < -0.4 is 37.9 Å². The van der Waals surface area contributed by atoms with Gasteiger partial charge in [-0.1, -0.05) is 0 Å². The predicted molar refractivity (Wildman–Crippen MR) is 204 cm³/mol. The zero-order valence-corrected chi connectivity index (χ0v) is 30.5. The van der Waals surface area contributed by atoms with E-state index >= 15 is 0 Å². The maximum absolute atomic E-state index is 10.3. The summed E-state index contributed by atoms with van der Waals surface area (Å²) in [6.07, 6.45) is -3.53. The first-order valence-electron chi connectivity index (χ1n) is 17.8. The van der Waals surface area contributed by atoms with E-state index < -0.39 is 24.4 Å². The van der Waals surface area contributed by atoms with Crippen molar-refractivity contribution in [3.8, 4) is 57.5 Å². The summed E-state index contributed by atoms with van der Waals surface area (Å²) in [5, 5.41) is 59.6. The smallest absolute Gasteiger partial charge is 0.122 e. The number of aromatic hydroxyl groups is 2. The van der Waals surface area contributed by atoms with E-state index in [0.717, 1.165) is 0 Å². The molecule has 0 heterocycles. The monoisotopic (exact) mass is 774 g/mol. The van der Waals surface area contributed by atoms with E-state index in [2.05, 4.69) is 0 Å². The molecule has 0 aliphatic carbocycles. The maximum atomic E-state index is 10.3. The molecular weight excluding hydrogens is 728 g/mol. The molecule has 5 rings (SSSR count). The van der Waals surface area contributed by atoms with E-state index in [1.54, 1.807) is 97.1 Å². The standard InChI is InChI=1S/C42H46O14/c43-29-1-5-35(6-2-29)49-21-31(45)23-51-37-9-13-39(14-10-37)53-25-33(47)27-55-41-17-19-42(20-18-41)56-28-34(48)26-54-40-15-11-38(12-16-40)52-24-32(46)22-50-36-7-3-30(44)4-8-36/h1-20,31-34,43-48H,21-28H2. The van der Waals surface area contributed by atoms with E-state index in [9.17, 15) is 30.6 Å². The fourth-order valence-electron chi connectivity index (χ4n) is 4.71. The molecule has 4 atom stereocenters. The third kappa shape index (κ3) is 15.0. The Balaban J connectivity index is 0.899. The van der Waals surface area contributed by atoms with E-state index in [-0.39, 0.29) is 64.4 Å². The zero-order chi connectivity index (χ0) is 39.5. The van der Waals surface area contributed by atoms with Gasteiger partial charge in [0.1, 0.15) is 135 Å². The summed E-state index contributed by atoms with van der Waals surface area (Å²) >= 11 is 0. The van der Waals surface area contributed by atoms with Gasteiger partial charge in [-0.05, 0) is 121 Å². The van der Waals surface area contributed by atoms with Gasteiger partial charge in [-0.2, -0.15) is 0 Å². The first-order valence-corrected chi connectivity index (χ1v) is 17.8. The van der Waals surface area contributed by atoms with Gasteiger partial charge in [0.05, 0.1) is 0 Å². The molecule has 0 amide bonds. The van der Waals surface area contributed by atoms with Gasteiger partial charge in [-0.15, -0.1) is 0 Å². The zero-order valence-electron chi connectivity index (χ0n) is 30.5. The summed E-state index contributed by atoms with van der Waals surface area (Å²) in [7, 11) is 0.